The number of amides is 1. The number of likely N-dealkylation sites (N-methyl/N-ethyl adjacent to an activating group) is 1. The van der Waals surface area contributed by atoms with Crippen LogP contribution < -0.4 is 10.6 Å². The van der Waals surface area contributed by atoms with E-state index in [-0.39, 0.29) is 23.8 Å². The average molecular weight is 273 g/mol. The summed E-state index contributed by atoms with van der Waals surface area (Å²) >= 11 is 0. The third-order valence-corrected chi connectivity index (χ3v) is 2.38. The van der Waals surface area contributed by atoms with Gasteiger partial charge in [0.25, 0.3) is 0 Å². The van der Waals surface area contributed by atoms with Gasteiger partial charge in [-0.05, 0) is 0 Å². The molecule has 1 amide bonds. The minimum atomic E-state index is -4.52. The van der Waals surface area contributed by atoms with E-state index in [1.54, 1.807) is 0 Å². The Morgan fingerprint density at radius 2 is 2.21 bits per heavy atom. The van der Waals surface area contributed by atoms with E-state index in [0.29, 0.717) is 0 Å². The number of rotatable bonds is 3. The molecule has 2 rings (SSSR count). The van der Waals surface area contributed by atoms with Crippen molar-refractivity contribution in [2.45, 2.75) is 6.18 Å². The van der Waals surface area contributed by atoms with Crippen molar-refractivity contribution in [2.75, 3.05) is 18.9 Å². The number of hydrogen-bond acceptors (Lipinski definition) is 4. The van der Waals surface area contributed by atoms with Gasteiger partial charge in [0.15, 0.2) is 11.5 Å². The van der Waals surface area contributed by atoms with Crippen molar-refractivity contribution < 1.29 is 18.0 Å². The predicted octanol–water partition coefficient (Wildman–Crippen LogP) is 0.906. The van der Waals surface area contributed by atoms with E-state index in [0.717, 1.165) is 10.6 Å². The van der Waals surface area contributed by atoms with Crippen LogP contribution in [0.15, 0.2) is 18.5 Å². The van der Waals surface area contributed by atoms with Gasteiger partial charge in [-0.2, -0.15) is 18.3 Å². The summed E-state index contributed by atoms with van der Waals surface area (Å²) in [5.41, 5.74) is -0.859. The van der Waals surface area contributed by atoms with Gasteiger partial charge < -0.3 is 10.6 Å². The summed E-state index contributed by atoms with van der Waals surface area (Å²) in [6.07, 6.45) is -1.92. The number of halogens is 3. The van der Waals surface area contributed by atoms with Gasteiger partial charge in [0.05, 0.1) is 6.54 Å². The Bertz CT molecular complexity index is 607. The first-order chi connectivity index (χ1) is 8.91. The highest BCUT2D eigenvalue weighted by molar-refractivity contribution is 5.81. The van der Waals surface area contributed by atoms with Crippen molar-refractivity contribution in [1.29, 1.82) is 0 Å². The van der Waals surface area contributed by atoms with Crippen LogP contribution in [0.5, 0.6) is 0 Å². The normalized spacial score (nSPS) is 11.6. The van der Waals surface area contributed by atoms with Crippen molar-refractivity contribution in [3.63, 3.8) is 0 Å². The predicted molar refractivity (Wildman–Crippen MR) is 60.5 cm³/mol. The first kappa shape index (κ1) is 13.1. The second-order valence-electron chi connectivity index (χ2n) is 3.66. The molecule has 2 aromatic heterocycles. The molecule has 6 nitrogen and oxygen atoms in total. The lowest BCUT2D eigenvalue weighted by atomic mass is 10.3. The lowest BCUT2D eigenvalue weighted by molar-refractivity contribution is -0.141. The van der Waals surface area contributed by atoms with Crippen molar-refractivity contribution in [3.05, 3.63) is 24.2 Å². The minimum absolute atomic E-state index is 0.0876. The molecule has 2 heterocycles. The molecular formula is C10H10F3N5O. The number of nitrogens with one attached hydrogen (secondary N) is 2. The molecule has 0 radical (unpaired) electrons. The molecule has 0 fully saturated rings. The number of anilines is 1. The van der Waals surface area contributed by atoms with E-state index < -0.39 is 11.9 Å². The fourth-order valence-corrected chi connectivity index (χ4v) is 1.45. The molecule has 102 valence electrons. The van der Waals surface area contributed by atoms with Crippen molar-refractivity contribution >= 4 is 17.2 Å². The summed E-state index contributed by atoms with van der Waals surface area (Å²) in [6, 6.07) is 0.874. The number of alkyl halides is 3. The molecule has 0 aliphatic carbocycles. The molecule has 0 atom stereocenters. The van der Waals surface area contributed by atoms with Crippen molar-refractivity contribution in [1.82, 2.24) is 19.9 Å². The van der Waals surface area contributed by atoms with Crippen LogP contribution in [-0.4, -0.2) is 34.1 Å². The zero-order valence-electron chi connectivity index (χ0n) is 9.82. The highest BCUT2D eigenvalue weighted by atomic mass is 19.4. The van der Waals surface area contributed by atoms with Crippen LogP contribution in [0.4, 0.5) is 19.0 Å². The van der Waals surface area contributed by atoms with Crippen molar-refractivity contribution in [3.8, 4) is 0 Å². The molecule has 19 heavy (non-hydrogen) atoms. The summed E-state index contributed by atoms with van der Waals surface area (Å²) in [5, 5.41) is 8.44. The Morgan fingerprint density at radius 1 is 1.47 bits per heavy atom. The molecule has 2 N–H and O–H groups in total. The van der Waals surface area contributed by atoms with Gasteiger partial charge in [0, 0.05) is 25.5 Å². The molecule has 0 spiro atoms. The summed E-state index contributed by atoms with van der Waals surface area (Å²) in [4.78, 5) is 15.0. The topological polar surface area (TPSA) is 71.3 Å². The number of carbonyl (C=O) groups excluding carboxylic acids is 1. The Labute approximate surface area is 105 Å². The van der Waals surface area contributed by atoms with Crippen LogP contribution >= 0.6 is 0 Å². The van der Waals surface area contributed by atoms with Crippen LogP contribution in [0.1, 0.15) is 5.69 Å². The SMILES string of the molecule is CNC(=O)CNc1nccn2nc(C(F)(F)F)cc12. The van der Waals surface area contributed by atoms with E-state index in [1.165, 1.54) is 19.4 Å². The fourth-order valence-electron chi connectivity index (χ4n) is 1.45. The molecule has 0 saturated heterocycles. The highest BCUT2D eigenvalue weighted by Crippen LogP contribution is 2.29. The molecular weight excluding hydrogens is 263 g/mol. The summed E-state index contributed by atoms with van der Waals surface area (Å²) in [5.74, 6) is -0.145. The van der Waals surface area contributed by atoms with E-state index in [1.807, 2.05) is 0 Å². The first-order valence-electron chi connectivity index (χ1n) is 5.28. The standard InChI is InChI=1S/C10H10F3N5O/c1-14-8(19)5-16-9-6-4-7(10(11,12)13)17-18(6)3-2-15-9/h2-4H,5H2,1H3,(H,14,19)(H,15,16). The zero-order valence-corrected chi connectivity index (χ0v) is 9.82. The van der Waals surface area contributed by atoms with E-state index >= 15 is 0 Å². The lowest BCUT2D eigenvalue weighted by Crippen LogP contribution is -2.26. The monoisotopic (exact) mass is 273 g/mol. The van der Waals surface area contributed by atoms with Gasteiger partial charge in [0.1, 0.15) is 5.52 Å². The third-order valence-electron chi connectivity index (χ3n) is 2.38. The Morgan fingerprint density at radius 3 is 2.84 bits per heavy atom. The zero-order chi connectivity index (χ0) is 14.0. The van der Waals surface area contributed by atoms with Crippen LogP contribution in [0.25, 0.3) is 5.52 Å². The van der Waals surface area contributed by atoms with Gasteiger partial charge in [0.2, 0.25) is 5.91 Å². The largest absolute Gasteiger partial charge is 0.435 e. The van der Waals surface area contributed by atoms with Gasteiger partial charge in [-0.3, -0.25) is 4.79 Å². The molecule has 0 unspecified atom stereocenters. The summed E-state index contributed by atoms with van der Waals surface area (Å²) < 4.78 is 38.7. The van der Waals surface area contributed by atoms with Crippen LogP contribution in [0, 0.1) is 0 Å². The van der Waals surface area contributed by atoms with Crippen LogP contribution in [0.2, 0.25) is 0 Å². The molecule has 0 aromatic carbocycles. The molecule has 0 aliphatic rings. The number of hydrogen-bond donors (Lipinski definition) is 2. The quantitative estimate of drug-likeness (QED) is 0.871. The first-order valence-corrected chi connectivity index (χ1v) is 5.28. The highest BCUT2D eigenvalue weighted by Gasteiger charge is 2.34. The Balaban J connectivity index is 2.34. The Kier molecular flexibility index (Phi) is 3.28. The smallest absolute Gasteiger partial charge is 0.359 e. The Hall–Kier alpha value is -2.32. The maximum Gasteiger partial charge on any atom is 0.435 e. The van der Waals surface area contributed by atoms with E-state index in [2.05, 4.69) is 20.7 Å². The number of fused-ring (bicyclic) bond motifs is 1. The fraction of sp³-hybridized carbons (Fsp3) is 0.300. The van der Waals surface area contributed by atoms with Gasteiger partial charge >= 0.3 is 6.18 Å². The molecule has 0 bridgehead atoms. The summed E-state index contributed by atoms with van der Waals surface area (Å²) in [7, 11) is 1.46. The molecule has 0 saturated carbocycles. The maximum atomic E-state index is 12.5. The molecule has 0 aliphatic heterocycles. The number of carbonyl (C=O) groups is 1. The molecule has 9 heteroatoms. The lowest BCUT2D eigenvalue weighted by Gasteiger charge is -2.05. The maximum absolute atomic E-state index is 12.5. The third kappa shape index (κ3) is 2.75. The van der Waals surface area contributed by atoms with Crippen molar-refractivity contribution in [2.24, 2.45) is 0 Å². The van der Waals surface area contributed by atoms with Gasteiger partial charge in [-0.25, -0.2) is 9.50 Å². The molecule has 2 aromatic rings. The van der Waals surface area contributed by atoms with Gasteiger partial charge in [-0.15, -0.1) is 0 Å². The van der Waals surface area contributed by atoms with Gasteiger partial charge in [-0.1, -0.05) is 0 Å². The van der Waals surface area contributed by atoms with Crippen LogP contribution in [-0.2, 0) is 11.0 Å². The summed E-state index contributed by atoms with van der Waals surface area (Å²) in [6.45, 7) is -0.0876. The second-order valence-corrected chi connectivity index (χ2v) is 3.66. The van der Waals surface area contributed by atoms with Crippen LogP contribution in [0.3, 0.4) is 0 Å². The number of aromatic nitrogens is 3. The average Bonchev–Trinajstić information content (AvgIpc) is 2.80. The van der Waals surface area contributed by atoms with E-state index in [9.17, 15) is 18.0 Å². The number of nitrogens with zero attached hydrogens (tertiary/aromatic N) is 3. The second kappa shape index (κ2) is 4.75. The van der Waals surface area contributed by atoms with E-state index in [4.69, 9.17) is 0 Å². The minimum Gasteiger partial charge on any atom is -0.359 e.